The van der Waals surface area contributed by atoms with E-state index in [1.807, 2.05) is 66.2 Å². The van der Waals surface area contributed by atoms with Crippen molar-refractivity contribution in [1.29, 1.82) is 0 Å². The lowest BCUT2D eigenvalue weighted by atomic mass is 9.87. The van der Waals surface area contributed by atoms with Crippen molar-refractivity contribution < 1.29 is 14.6 Å². The maximum Gasteiger partial charge on any atom is 0.336 e. The summed E-state index contributed by atoms with van der Waals surface area (Å²) in [5.41, 5.74) is 13.7. The summed E-state index contributed by atoms with van der Waals surface area (Å²) in [6.07, 6.45) is 5.15. The van der Waals surface area contributed by atoms with Gasteiger partial charge >= 0.3 is 5.97 Å². The Labute approximate surface area is 378 Å². The van der Waals surface area contributed by atoms with Crippen molar-refractivity contribution in [2.75, 3.05) is 31.1 Å². The van der Waals surface area contributed by atoms with Gasteiger partial charge in [0, 0.05) is 44.0 Å². The third-order valence-electron chi connectivity index (χ3n) is 12.7. The summed E-state index contributed by atoms with van der Waals surface area (Å²) >= 11 is 0. The van der Waals surface area contributed by atoms with E-state index in [-0.39, 0.29) is 17.0 Å². The quantitative estimate of drug-likeness (QED) is 0.124. The average Bonchev–Trinajstić information content (AvgIpc) is 3.62. The normalized spacial score (nSPS) is 13.7. The molecule has 0 aliphatic carbocycles. The van der Waals surface area contributed by atoms with Gasteiger partial charge in [0.05, 0.1) is 28.4 Å². The summed E-state index contributed by atoms with van der Waals surface area (Å²) < 4.78 is 8.29. The highest BCUT2D eigenvalue weighted by Gasteiger charge is 2.26. The first kappa shape index (κ1) is 43.7. The third kappa shape index (κ3) is 9.82. The second-order valence-corrected chi connectivity index (χ2v) is 18.3. The van der Waals surface area contributed by atoms with Crippen LogP contribution in [0.2, 0.25) is 0 Å². The molecule has 5 aromatic carbocycles. The Balaban J connectivity index is 1.08. The van der Waals surface area contributed by atoms with Gasteiger partial charge in [0.1, 0.15) is 11.5 Å². The SMILES string of the molecule is C=C(Cc1cccc(CC(c2ccc(Oc3cc(C)c(C)c(C)c3)cc2)n2nc(C)c3c(C(=O)O)cc(/C=C/c4ccccc4)nc32)c1)N1CCN(c2ccc(C(C)(C)C)cc2)CC1. The number of hydrogen-bond donors (Lipinski definition) is 1. The van der Waals surface area contributed by atoms with Gasteiger partial charge in [-0.15, -0.1) is 0 Å². The molecule has 1 saturated heterocycles. The minimum atomic E-state index is -1.02. The highest BCUT2D eigenvalue weighted by molar-refractivity contribution is 6.03. The Morgan fingerprint density at radius 2 is 1.45 bits per heavy atom. The minimum Gasteiger partial charge on any atom is -0.478 e. The van der Waals surface area contributed by atoms with Gasteiger partial charge < -0.3 is 19.6 Å². The molecule has 2 aromatic heterocycles. The van der Waals surface area contributed by atoms with Gasteiger partial charge in [-0.3, -0.25) is 0 Å². The first-order valence-electron chi connectivity index (χ1n) is 22.3. The van der Waals surface area contributed by atoms with Crippen LogP contribution in [0.25, 0.3) is 23.2 Å². The number of aromatic nitrogens is 3. The fourth-order valence-corrected chi connectivity index (χ4v) is 8.73. The standard InChI is InChI=1S/C56H59N5O3/c1-37-31-50(32-38(2)40(37)4)64-49-25-18-45(19-26-49)52(61-54-53(41(5)58-61)51(55(62)63)36-47(57-54)22-17-42-13-10-9-11-14-42)35-44-16-12-15-43(34-44)33-39(3)59-27-29-60(30-28-59)48-23-20-46(21-24-48)56(6,7)8/h9-26,31-32,34,36,52H,3,27-30,33,35H2,1-2,4-8H3,(H,62,63)/b22-17+. The van der Waals surface area contributed by atoms with E-state index in [1.165, 1.54) is 33.5 Å². The first-order chi connectivity index (χ1) is 30.7. The van der Waals surface area contributed by atoms with Crippen molar-refractivity contribution in [3.8, 4) is 11.5 Å². The van der Waals surface area contributed by atoms with Gasteiger partial charge in [-0.2, -0.15) is 5.10 Å². The minimum absolute atomic E-state index is 0.134. The maximum atomic E-state index is 12.8. The lowest BCUT2D eigenvalue weighted by Crippen LogP contribution is -2.46. The first-order valence-corrected chi connectivity index (χ1v) is 22.3. The smallest absolute Gasteiger partial charge is 0.336 e. The van der Waals surface area contributed by atoms with Crippen LogP contribution in [0.3, 0.4) is 0 Å². The van der Waals surface area contributed by atoms with E-state index in [9.17, 15) is 9.90 Å². The van der Waals surface area contributed by atoms with Gasteiger partial charge in [0.2, 0.25) is 0 Å². The van der Waals surface area contributed by atoms with Crippen LogP contribution in [0.15, 0.2) is 134 Å². The number of hydrogen-bond acceptors (Lipinski definition) is 6. The number of ether oxygens (including phenoxy) is 1. The molecule has 326 valence electrons. The molecule has 1 atom stereocenters. The number of fused-ring (bicyclic) bond motifs is 1. The number of carboxylic acid groups (broad SMARTS) is 1. The molecule has 1 unspecified atom stereocenters. The number of pyridine rings is 1. The second-order valence-electron chi connectivity index (χ2n) is 18.3. The summed E-state index contributed by atoms with van der Waals surface area (Å²) in [5.74, 6) is 0.505. The van der Waals surface area contributed by atoms with E-state index in [4.69, 9.17) is 14.8 Å². The topological polar surface area (TPSA) is 83.7 Å². The summed E-state index contributed by atoms with van der Waals surface area (Å²) in [6, 6.07) is 41.3. The van der Waals surface area contributed by atoms with Gasteiger partial charge in [-0.25, -0.2) is 14.5 Å². The third-order valence-corrected chi connectivity index (χ3v) is 12.7. The molecule has 8 heteroatoms. The number of nitrogens with zero attached hydrogens (tertiary/aromatic N) is 5. The number of rotatable bonds is 13. The molecule has 0 radical (unpaired) electrons. The van der Waals surface area contributed by atoms with E-state index in [2.05, 4.69) is 131 Å². The molecule has 3 heterocycles. The van der Waals surface area contributed by atoms with Gasteiger partial charge in [0.25, 0.3) is 0 Å². The van der Waals surface area contributed by atoms with Crippen molar-refractivity contribution in [2.45, 2.75) is 72.8 Å². The Morgan fingerprint density at radius 1 is 0.781 bits per heavy atom. The van der Waals surface area contributed by atoms with E-state index in [0.29, 0.717) is 28.8 Å². The van der Waals surface area contributed by atoms with E-state index in [1.54, 1.807) is 6.07 Å². The molecule has 1 N–H and O–H groups in total. The summed E-state index contributed by atoms with van der Waals surface area (Å²) in [7, 11) is 0. The van der Waals surface area contributed by atoms with Crippen LogP contribution in [0, 0.1) is 27.7 Å². The van der Waals surface area contributed by atoms with E-state index >= 15 is 0 Å². The lowest BCUT2D eigenvalue weighted by Gasteiger charge is -2.38. The fourth-order valence-electron chi connectivity index (χ4n) is 8.73. The fraction of sp³-hybridized carbons (Fsp3) is 0.268. The van der Waals surface area contributed by atoms with Crippen LogP contribution in [0.4, 0.5) is 5.69 Å². The molecule has 0 saturated carbocycles. The van der Waals surface area contributed by atoms with Crippen LogP contribution in [0.5, 0.6) is 11.5 Å². The van der Waals surface area contributed by atoms with Crippen LogP contribution in [-0.4, -0.2) is 56.9 Å². The lowest BCUT2D eigenvalue weighted by molar-refractivity contribution is 0.0698. The van der Waals surface area contributed by atoms with Crippen LogP contribution in [-0.2, 0) is 18.3 Å². The van der Waals surface area contributed by atoms with Crippen molar-refractivity contribution in [1.82, 2.24) is 19.7 Å². The van der Waals surface area contributed by atoms with Crippen LogP contribution >= 0.6 is 0 Å². The molecule has 8 rings (SSSR count). The van der Waals surface area contributed by atoms with Crippen molar-refractivity contribution in [3.05, 3.63) is 195 Å². The number of piperazine rings is 1. The average molecular weight is 850 g/mol. The van der Waals surface area contributed by atoms with Crippen LogP contribution in [0.1, 0.15) is 93.1 Å². The Kier molecular flexibility index (Phi) is 12.6. The Bertz CT molecular complexity index is 2800. The van der Waals surface area contributed by atoms with Crippen molar-refractivity contribution in [2.24, 2.45) is 0 Å². The van der Waals surface area contributed by atoms with Crippen LogP contribution < -0.4 is 9.64 Å². The molecular weight excluding hydrogens is 791 g/mol. The Hall–Kier alpha value is -6.93. The zero-order valence-electron chi connectivity index (χ0n) is 38.2. The number of carboxylic acids is 1. The van der Waals surface area contributed by atoms with E-state index < -0.39 is 5.97 Å². The molecule has 1 fully saturated rings. The molecule has 0 amide bonds. The van der Waals surface area contributed by atoms with Gasteiger partial charge in [0.15, 0.2) is 5.65 Å². The zero-order valence-corrected chi connectivity index (χ0v) is 38.2. The predicted molar refractivity (Wildman–Crippen MR) is 262 cm³/mol. The Morgan fingerprint density at radius 3 is 2.11 bits per heavy atom. The van der Waals surface area contributed by atoms with E-state index in [0.717, 1.165) is 66.5 Å². The van der Waals surface area contributed by atoms with Gasteiger partial charge in [-0.05, 0) is 133 Å². The number of aromatic carboxylic acids is 1. The number of carbonyl (C=O) groups is 1. The number of allylic oxidation sites excluding steroid dienone is 1. The molecule has 0 bridgehead atoms. The summed E-state index contributed by atoms with van der Waals surface area (Å²) in [5, 5.41) is 16.1. The molecule has 1 aliphatic heterocycles. The number of aryl methyl sites for hydroxylation is 3. The highest BCUT2D eigenvalue weighted by atomic mass is 16.5. The summed E-state index contributed by atoms with van der Waals surface area (Å²) in [6.45, 7) is 23.3. The van der Waals surface area contributed by atoms with Crippen molar-refractivity contribution in [3.63, 3.8) is 0 Å². The number of anilines is 1. The molecular formula is C56H59N5O3. The monoisotopic (exact) mass is 849 g/mol. The second kappa shape index (κ2) is 18.4. The van der Waals surface area contributed by atoms with Gasteiger partial charge in [-0.1, -0.05) is 112 Å². The molecule has 0 spiro atoms. The molecule has 7 aromatic rings. The molecule has 64 heavy (non-hydrogen) atoms. The molecule has 8 nitrogen and oxygen atoms in total. The predicted octanol–water partition coefficient (Wildman–Crippen LogP) is 12.3. The highest BCUT2D eigenvalue weighted by Crippen LogP contribution is 2.34. The van der Waals surface area contributed by atoms with Crippen molar-refractivity contribution >= 4 is 34.8 Å². The summed E-state index contributed by atoms with van der Waals surface area (Å²) in [4.78, 5) is 22.8. The number of benzene rings is 5. The largest absolute Gasteiger partial charge is 0.478 e. The zero-order chi connectivity index (χ0) is 45.1. The molecule has 1 aliphatic rings. The maximum absolute atomic E-state index is 12.8.